The minimum absolute atomic E-state index is 0.00954. The van der Waals surface area contributed by atoms with Gasteiger partial charge in [-0.2, -0.15) is 0 Å². The summed E-state index contributed by atoms with van der Waals surface area (Å²) in [6, 6.07) is 6.26. The molecule has 1 aromatic heterocycles. The molecule has 0 atom stereocenters. The maximum absolute atomic E-state index is 12.8. The number of aromatic nitrogens is 3. The average Bonchev–Trinajstić information content (AvgIpc) is 2.78. The van der Waals surface area contributed by atoms with E-state index >= 15 is 0 Å². The van der Waals surface area contributed by atoms with Gasteiger partial charge in [-0.15, -0.1) is 0 Å². The molecule has 0 bridgehead atoms. The maximum atomic E-state index is 12.8. The standard InChI is InChI=1S/C16H21N3OS/c1-3-12-8-7-9-13(4-2)14(12)19-15(20)17-10-5-6-11-18(17)16(19)21/h7-9H,3-6,10-11H2,1-2H3. The summed E-state index contributed by atoms with van der Waals surface area (Å²) >= 11 is 5.60. The molecule has 2 heterocycles. The van der Waals surface area contributed by atoms with Gasteiger partial charge in [0.25, 0.3) is 0 Å². The number of nitrogens with zero attached hydrogens (tertiary/aromatic N) is 3. The van der Waals surface area contributed by atoms with Crippen LogP contribution in [0.15, 0.2) is 23.0 Å². The average molecular weight is 303 g/mol. The van der Waals surface area contributed by atoms with E-state index < -0.39 is 0 Å². The predicted octanol–water partition coefficient (Wildman–Crippen LogP) is 3.09. The molecule has 3 rings (SSSR count). The van der Waals surface area contributed by atoms with Crippen LogP contribution in [0.1, 0.15) is 37.8 Å². The van der Waals surface area contributed by atoms with Crippen molar-refractivity contribution in [1.82, 2.24) is 13.9 Å². The molecule has 2 aromatic rings. The Kier molecular flexibility index (Phi) is 3.85. The zero-order valence-corrected chi connectivity index (χ0v) is 13.4. The third-order valence-electron chi connectivity index (χ3n) is 4.29. The fourth-order valence-electron chi connectivity index (χ4n) is 3.17. The van der Waals surface area contributed by atoms with E-state index in [4.69, 9.17) is 12.2 Å². The smallest absolute Gasteiger partial charge is 0.256 e. The van der Waals surface area contributed by atoms with Crippen LogP contribution in [-0.4, -0.2) is 13.9 Å². The van der Waals surface area contributed by atoms with Crippen molar-refractivity contribution in [2.24, 2.45) is 0 Å². The minimum atomic E-state index is 0.00954. The molecule has 0 saturated heterocycles. The van der Waals surface area contributed by atoms with E-state index in [0.717, 1.165) is 44.5 Å². The lowest BCUT2D eigenvalue weighted by Gasteiger charge is -2.14. The van der Waals surface area contributed by atoms with Gasteiger partial charge >= 0.3 is 5.69 Å². The normalized spacial score (nSPS) is 14.2. The highest BCUT2D eigenvalue weighted by Crippen LogP contribution is 2.21. The molecule has 0 N–H and O–H groups in total. The van der Waals surface area contributed by atoms with Gasteiger partial charge in [0.2, 0.25) is 4.77 Å². The molecule has 4 nitrogen and oxygen atoms in total. The summed E-state index contributed by atoms with van der Waals surface area (Å²) in [6.45, 7) is 5.85. The molecule has 1 aliphatic heterocycles. The lowest BCUT2D eigenvalue weighted by Crippen LogP contribution is -2.30. The van der Waals surface area contributed by atoms with Gasteiger partial charge in [0.05, 0.1) is 5.69 Å². The first-order chi connectivity index (χ1) is 10.2. The van der Waals surface area contributed by atoms with Gasteiger partial charge in [0.1, 0.15) is 0 Å². The SMILES string of the molecule is CCc1cccc(CC)c1-n1c(=O)n2n(c1=S)CCCC2. The van der Waals surface area contributed by atoms with E-state index in [-0.39, 0.29) is 5.69 Å². The van der Waals surface area contributed by atoms with E-state index in [1.54, 1.807) is 9.25 Å². The van der Waals surface area contributed by atoms with Crippen LogP contribution in [0, 0.1) is 4.77 Å². The first kappa shape index (κ1) is 14.3. The van der Waals surface area contributed by atoms with Crippen molar-refractivity contribution in [3.63, 3.8) is 0 Å². The molecule has 21 heavy (non-hydrogen) atoms. The summed E-state index contributed by atoms with van der Waals surface area (Å²) in [6.07, 6.45) is 3.94. The van der Waals surface area contributed by atoms with Gasteiger partial charge in [-0.05, 0) is 49.0 Å². The van der Waals surface area contributed by atoms with Crippen molar-refractivity contribution >= 4 is 12.2 Å². The van der Waals surface area contributed by atoms with Crippen LogP contribution in [0.5, 0.6) is 0 Å². The highest BCUT2D eigenvalue weighted by atomic mass is 32.1. The van der Waals surface area contributed by atoms with Gasteiger partial charge in [-0.3, -0.25) is 4.68 Å². The zero-order chi connectivity index (χ0) is 15.0. The molecule has 5 heteroatoms. The van der Waals surface area contributed by atoms with E-state index in [1.807, 2.05) is 4.68 Å². The molecule has 0 amide bonds. The van der Waals surface area contributed by atoms with E-state index in [1.165, 1.54) is 11.1 Å². The molecule has 0 spiro atoms. The molecule has 0 aliphatic carbocycles. The van der Waals surface area contributed by atoms with Gasteiger partial charge in [0, 0.05) is 13.1 Å². The molecular formula is C16H21N3OS. The van der Waals surface area contributed by atoms with Crippen LogP contribution >= 0.6 is 12.2 Å². The Morgan fingerprint density at radius 1 is 1.05 bits per heavy atom. The second-order valence-corrected chi connectivity index (χ2v) is 5.85. The van der Waals surface area contributed by atoms with Crippen LogP contribution in [0.4, 0.5) is 0 Å². The summed E-state index contributed by atoms with van der Waals surface area (Å²) in [5.74, 6) is 0. The number of hydrogen-bond donors (Lipinski definition) is 0. The topological polar surface area (TPSA) is 31.9 Å². The summed E-state index contributed by atoms with van der Waals surface area (Å²) < 4.78 is 6.15. The fraction of sp³-hybridized carbons (Fsp3) is 0.500. The quantitative estimate of drug-likeness (QED) is 0.816. The first-order valence-corrected chi connectivity index (χ1v) is 8.13. The van der Waals surface area contributed by atoms with E-state index in [9.17, 15) is 4.79 Å². The van der Waals surface area contributed by atoms with Gasteiger partial charge in [-0.25, -0.2) is 14.0 Å². The van der Waals surface area contributed by atoms with Crippen molar-refractivity contribution in [3.8, 4) is 5.69 Å². The van der Waals surface area contributed by atoms with E-state index in [2.05, 4.69) is 32.0 Å². The Hall–Kier alpha value is -1.62. The largest absolute Gasteiger partial charge is 0.349 e. The summed E-state index contributed by atoms with van der Waals surface area (Å²) in [5.41, 5.74) is 3.39. The number of fused-ring (bicyclic) bond motifs is 1. The molecular weight excluding hydrogens is 282 g/mol. The Morgan fingerprint density at radius 2 is 1.62 bits per heavy atom. The number of aryl methyl sites for hydroxylation is 2. The van der Waals surface area contributed by atoms with Crippen molar-refractivity contribution in [1.29, 1.82) is 0 Å². The van der Waals surface area contributed by atoms with Crippen LogP contribution in [0.3, 0.4) is 0 Å². The molecule has 1 aromatic carbocycles. The maximum Gasteiger partial charge on any atom is 0.349 e. The van der Waals surface area contributed by atoms with Crippen molar-refractivity contribution in [2.75, 3.05) is 0 Å². The predicted molar refractivity (Wildman–Crippen MR) is 86.8 cm³/mol. The number of rotatable bonds is 3. The Balaban J connectivity index is 2.35. The molecule has 112 valence electrons. The highest BCUT2D eigenvalue weighted by Gasteiger charge is 2.20. The van der Waals surface area contributed by atoms with Crippen molar-refractivity contribution in [3.05, 3.63) is 44.6 Å². The van der Waals surface area contributed by atoms with Crippen LogP contribution < -0.4 is 5.69 Å². The fourth-order valence-corrected chi connectivity index (χ4v) is 3.53. The lowest BCUT2D eigenvalue weighted by atomic mass is 10.0. The highest BCUT2D eigenvalue weighted by molar-refractivity contribution is 7.71. The van der Waals surface area contributed by atoms with Crippen molar-refractivity contribution in [2.45, 2.75) is 52.6 Å². The van der Waals surface area contributed by atoms with Crippen LogP contribution in [0.25, 0.3) is 5.69 Å². The van der Waals surface area contributed by atoms with Gasteiger partial charge in [0.15, 0.2) is 0 Å². The first-order valence-electron chi connectivity index (χ1n) is 7.72. The van der Waals surface area contributed by atoms with Crippen LogP contribution in [0.2, 0.25) is 0 Å². The molecule has 1 aliphatic rings. The van der Waals surface area contributed by atoms with Gasteiger partial charge in [-0.1, -0.05) is 32.0 Å². The summed E-state index contributed by atoms with van der Waals surface area (Å²) in [4.78, 5) is 12.8. The van der Waals surface area contributed by atoms with E-state index in [0.29, 0.717) is 4.77 Å². The molecule has 0 saturated carbocycles. The summed E-state index contributed by atoms with van der Waals surface area (Å²) in [7, 11) is 0. The van der Waals surface area contributed by atoms with Gasteiger partial charge < -0.3 is 0 Å². The molecule has 0 unspecified atom stereocenters. The summed E-state index contributed by atoms with van der Waals surface area (Å²) in [5, 5.41) is 0. The molecule has 0 fully saturated rings. The van der Waals surface area contributed by atoms with Crippen molar-refractivity contribution < 1.29 is 0 Å². The monoisotopic (exact) mass is 303 g/mol. The Morgan fingerprint density at radius 3 is 2.14 bits per heavy atom. The third kappa shape index (κ3) is 2.20. The lowest BCUT2D eigenvalue weighted by molar-refractivity contribution is 0.352. The van der Waals surface area contributed by atoms with Crippen LogP contribution in [-0.2, 0) is 25.9 Å². The number of benzene rings is 1. The Bertz CT molecular complexity index is 722. The third-order valence-corrected chi connectivity index (χ3v) is 4.69. The zero-order valence-electron chi connectivity index (χ0n) is 12.6. The Labute approximate surface area is 129 Å². The minimum Gasteiger partial charge on any atom is -0.256 e. The second-order valence-electron chi connectivity index (χ2n) is 5.49. The molecule has 0 radical (unpaired) electrons. The second kappa shape index (κ2) is 5.64. The number of hydrogen-bond acceptors (Lipinski definition) is 2. The number of para-hydroxylation sites is 1.